The lowest BCUT2D eigenvalue weighted by atomic mass is 10.3. The van der Waals surface area contributed by atoms with Gasteiger partial charge in [0.15, 0.2) is 0 Å². The maximum Gasteiger partial charge on any atom is 0.284 e. The predicted octanol–water partition coefficient (Wildman–Crippen LogP) is 1.48. The van der Waals surface area contributed by atoms with Crippen LogP contribution >= 0.6 is 11.3 Å². The van der Waals surface area contributed by atoms with Crippen molar-refractivity contribution in [3.05, 3.63) is 22.4 Å². The second-order valence-electron chi connectivity index (χ2n) is 3.99. The summed E-state index contributed by atoms with van der Waals surface area (Å²) in [6.45, 7) is 4.99. The van der Waals surface area contributed by atoms with Crippen LogP contribution in [0.2, 0.25) is 0 Å². The maximum absolute atomic E-state index is 12.1. The number of rotatable bonds is 2. The number of hydrogen-bond acceptors (Lipinski definition) is 4. The van der Waals surface area contributed by atoms with E-state index in [1.807, 2.05) is 34.2 Å². The Morgan fingerprint density at radius 3 is 2.61 bits per heavy atom. The molecule has 1 fully saturated rings. The van der Waals surface area contributed by atoms with Crippen LogP contribution in [0.5, 0.6) is 0 Å². The van der Waals surface area contributed by atoms with Gasteiger partial charge in [-0.2, -0.15) is 0 Å². The Morgan fingerprint density at radius 2 is 2.06 bits per heavy atom. The van der Waals surface area contributed by atoms with Gasteiger partial charge in [-0.1, -0.05) is 6.07 Å². The molecule has 0 atom stereocenters. The Bertz CT molecular complexity index is 411. The lowest BCUT2D eigenvalue weighted by molar-refractivity contribution is 0.0675. The summed E-state index contributed by atoms with van der Waals surface area (Å²) in [6, 6.07) is 3.95. The molecule has 0 saturated carbocycles. The molecule has 1 N–H and O–H groups in total. The largest absolute Gasteiger partial charge is 0.466 e. The fraction of sp³-hybridized carbons (Fsp3) is 0.500. The minimum Gasteiger partial charge on any atom is -0.466 e. The first-order chi connectivity index (χ1) is 8.72. The molecule has 1 aliphatic heterocycles. The van der Waals surface area contributed by atoms with E-state index in [1.165, 1.54) is 11.3 Å². The van der Waals surface area contributed by atoms with E-state index in [4.69, 9.17) is 10.1 Å². The van der Waals surface area contributed by atoms with Crippen molar-refractivity contribution in [2.45, 2.75) is 6.92 Å². The third kappa shape index (κ3) is 2.81. The zero-order chi connectivity index (χ0) is 13.0. The molecule has 18 heavy (non-hydrogen) atoms. The Hall–Kier alpha value is -1.56. The third-order valence-electron chi connectivity index (χ3n) is 2.87. The quantitative estimate of drug-likeness (QED) is 0.652. The van der Waals surface area contributed by atoms with Gasteiger partial charge in [0.2, 0.25) is 0 Å². The average molecular weight is 267 g/mol. The molecule has 1 aromatic heterocycles. The SMILES string of the molecule is CCOC(=N)N1CCN(C(=O)c2cccs2)CC1. The second kappa shape index (κ2) is 5.86. The summed E-state index contributed by atoms with van der Waals surface area (Å²) in [7, 11) is 0. The molecule has 6 heteroatoms. The van der Waals surface area contributed by atoms with E-state index in [1.54, 1.807) is 0 Å². The Labute approximate surface area is 110 Å². The molecule has 1 aliphatic rings. The second-order valence-corrected chi connectivity index (χ2v) is 4.94. The summed E-state index contributed by atoms with van der Waals surface area (Å²) in [5, 5.41) is 9.61. The van der Waals surface area contributed by atoms with Crippen LogP contribution in [0.3, 0.4) is 0 Å². The number of amidine groups is 1. The van der Waals surface area contributed by atoms with Gasteiger partial charge in [0.05, 0.1) is 11.5 Å². The van der Waals surface area contributed by atoms with Crippen LogP contribution in [-0.2, 0) is 4.74 Å². The van der Waals surface area contributed by atoms with Crippen molar-refractivity contribution in [1.82, 2.24) is 9.80 Å². The van der Waals surface area contributed by atoms with E-state index >= 15 is 0 Å². The molecular formula is C12H17N3O2S. The number of nitrogens with one attached hydrogen (secondary N) is 1. The lowest BCUT2D eigenvalue weighted by Gasteiger charge is -2.35. The number of piperazine rings is 1. The van der Waals surface area contributed by atoms with Crippen molar-refractivity contribution >= 4 is 23.3 Å². The molecule has 2 rings (SSSR count). The standard InChI is InChI=1S/C12H17N3O2S/c1-2-17-12(13)15-7-5-14(6-8-15)11(16)10-4-3-9-18-10/h3-4,9,13H,2,5-8H2,1H3. The summed E-state index contributed by atoms with van der Waals surface area (Å²) in [5.74, 6) is 0.0904. The van der Waals surface area contributed by atoms with Gasteiger partial charge >= 0.3 is 0 Å². The first-order valence-electron chi connectivity index (χ1n) is 6.01. The zero-order valence-corrected chi connectivity index (χ0v) is 11.2. The van der Waals surface area contributed by atoms with Crippen molar-refractivity contribution < 1.29 is 9.53 Å². The predicted molar refractivity (Wildman–Crippen MR) is 71.1 cm³/mol. The molecule has 1 saturated heterocycles. The molecule has 1 amide bonds. The summed E-state index contributed by atoms with van der Waals surface area (Å²) in [6.07, 6.45) is 0. The van der Waals surface area contributed by atoms with Crippen LogP contribution in [0, 0.1) is 5.41 Å². The number of carbonyl (C=O) groups is 1. The molecule has 0 radical (unpaired) electrons. The van der Waals surface area contributed by atoms with Crippen LogP contribution < -0.4 is 0 Å². The molecule has 0 bridgehead atoms. The highest BCUT2D eigenvalue weighted by Crippen LogP contribution is 2.13. The van der Waals surface area contributed by atoms with Crippen molar-refractivity contribution in [2.75, 3.05) is 32.8 Å². The molecule has 2 heterocycles. The van der Waals surface area contributed by atoms with Gasteiger partial charge in [-0.25, -0.2) is 0 Å². The molecule has 98 valence electrons. The van der Waals surface area contributed by atoms with E-state index in [-0.39, 0.29) is 11.9 Å². The Kier molecular flexibility index (Phi) is 4.19. The zero-order valence-electron chi connectivity index (χ0n) is 10.4. The van der Waals surface area contributed by atoms with Gasteiger partial charge in [0.1, 0.15) is 0 Å². The lowest BCUT2D eigenvalue weighted by Crippen LogP contribution is -2.50. The Balaban J connectivity index is 1.87. The van der Waals surface area contributed by atoms with E-state index in [0.717, 1.165) is 4.88 Å². The fourth-order valence-electron chi connectivity index (χ4n) is 1.90. The van der Waals surface area contributed by atoms with Crippen LogP contribution in [0.1, 0.15) is 16.6 Å². The number of carbonyl (C=O) groups excluding carboxylic acids is 1. The molecule has 5 nitrogen and oxygen atoms in total. The minimum atomic E-state index is 0.0904. The number of ether oxygens (including phenoxy) is 1. The molecule has 0 unspecified atom stereocenters. The van der Waals surface area contributed by atoms with E-state index < -0.39 is 0 Å². The fourth-order valence-corrected chi connectivity index (χ4v) is 2.59. The maximum atomic E-state index is 12.1. The van der Waals surface area contributed by atoms with Crippen molar-refractivity contribution in [1.29, 1.82) is 5.41 Å². The van der Waals surface area contributed by atoms with Crippen molar-refractivity contribution in [3.8, 4) is 0 Å². The van der Waals surface area contributed by atoms with Gasteiger partial charge in [-0.05, 0) is 18.4 Å². The highest BCUT2D eigenvalue weighted by atomic mass is 32.1. The third-order valence-corrected chi connectivity index (χ3v) is 3.72. The topological polar surface area (TPSA) is 56.6 Å². The minimum absolute atomic E-state index is 0.0904. The van der Waals surface area contributed by atoms with Gasteiger partial charge in [0.25, 0.3) is 11.9 Å². The summed E-state index contributed by atoms with van der Waals surface area (Å²) in [4.78, 5) is 16.6. The Morgan fingerprint density at radius 1 is 1.39 bits per heavy atom. The average Bonchev–Trinajstić information content (AvgIpc) is 2.92. The van der Waals surface area contributed by atoms with Crippen LogP contribution in [0.25, 0.3) is 0 Å². The van der Waals surface area contributed by atoms with E-state index in [9.17, 15) is 4.79 Å². The first-order valence-corrected chi connectivity index (χ1v) is 6.89. The molecule has 1 aromatic rings. The van der Waals surface area contributed by atoms with Crippen LogP contribution in [0.4, 0.5) is 0 Å². The van der Waals surface area contributed by atoms with Gasteiger partial charge in [-0.15, -0.1) is 11.3 Å². The van der Waals surface area contributed by atoms with E-state index in [2.05, 4.69) is 0 Å². The van der Waals surface area contributed by atoms with Gasteiger partial charge < -0.3 is 14.5 Å². The normalized spacial score (nSPS) is 15.6. The summed E-state index contributed by atoms with van der Waals surface area (Å²) in [5.41, 5.74) is 0. The summed E-state index contributed by atoms with van der Waals surface area (Å²) < 4.78 is 5.16. The number of thiophene rings is 1. The number of amides is 1. The van der Waals surface area contributed by atoms with Crippen LogP contribution in [0.15, 0.2) is 17.5 Å². The number of nitrogens with zero attached hydrogens (tertiary/aromatic N) is 2. The smallest absolute Gasteiger partial charge is 0.284 e. The molecular weight excluding hydrogens is 250 g/mol. The molecule has 0 spiro atoms. The van der Waals surface area contributed by atoms with Gasteiger partial charge in [0, 0.05) is 26.2 Å². The highest BCUT2D eigenvalue weighted by molar-refractivity contribution is 7.12. The first kappa shape index (κ1) is 12.9. The molecule has 0 aliphatic carbocycles. The highest BCUT2D eigenvalue weighted by Gasteiger charge is 2.24. The van der Waals surface area contributed by atoms with Crippen LogP contribution in [-0.4, -0.2) is 54.5 Å². The molecule has 0 aromatic carbocycles. The monoisotopic (exact) mass is 267 g/mol. The van der Waals surface area contributed by atoms with Crippen molar-refractivity contribution in [2.24, 2.45) is 0 Å². The van der Waals surface area contributed by atoms with Crippen molar-refractivity contribution in [3.63, 3.8) is 0 Å². The van der Waals surface area contributed by atoms with E-state index in [0.29, 0.717) is 32.8 Å². The summed E-state index contributed by atoms with van der Waals surface area (Å²) >= 11 is 1.47. The number of hydrogen-bond donors (Lipinski definition) is 1. The van der Waals surface area contributed by atoms with Gasteiger partial charge in [-0.3, -0.25) is 10.2 Å².